The Hall–Kier alpha value is -2.68. The van der Waals surface area contributed by atoms with E-state index in [1.807, 2.05) is 12.1 Å². The van der Waals surface area contributed by atoms with Crippen LogP contribution in [-0.2, 0) is 17.6 Å². The van der Waals surface area contributed by atoms with Crippen LogP contribution in [0.2, 0.25) is 0 Å². The molecular weight excluding hydrogens is 627 g/mol. The Morgan fingerprint density at radius 2 is 1.21 bits per heavy atom. The third-order valence-corrected chi connectivity index (χ3v) is 12.7. The molecule has 3 nitrogen and oxygen atoms in total. The van der Waals surface area contributed by atoms with E-state index < -0.39 is 0 Å². The maximum absolute atomic E-state index is 14.3. The standard InChI is InChI=1S/C40H44F2N2OS2/c1-25(2)27-7-11-37-33(19-27)35(21-29-5-9-31(41)23-39(29)46-37)44-15-13-43(14-16-44)17-18-45-36-22-30-6-10-32(42)24-40(30)47-38-12-8-28(26(3)4)20-34(36)38/h5-12,19-20,23-26,35-36H,13-18,21-22H2,1-4H3/p+2/t35-,36-/m1/s1. The van der Waals surface area contributed by atoms with Crippen LogP contribution in [0.4, 0.5) is 8.78 Å². The van der Waals surface area contributed by atoms with E-state index in [2.05, 4.69) is 64.1 Å². The van der Waals surface area contributed by atoms with Crippen LogP contribution in [0, 0.1) is 11.6 Å². The van der Waals surface area contributed by atoms with Crippen LogP contribution >= 0.6 is 23.5 Å². The summed E-state index contributed by atoms with van der Waals surface area (Å²) in [5, 5.41) is 0. The van der Waals surface area contributed by atoms with Crippen molar-refractivity contribution in [3.63, 3.8) is 0 Å². The van der Waals surface area contributed by atoms with Crippen LogP contribution in [-0.4, -0.2) is 39.3 Å². The summed E-state index contributed by atoms with van der Waals surface area (Å²) in [4.78, 5) is 7.71. The van der Waals surface area contributed by atoms with Crippen LogP contribution in [0.5, 0.6) is 0 Å². The van der Waals surface area contributed by atoms with Gasteiger partial charge >= 0.3 is 0 Å². The highest BCUT2D eigenvalue weighted by atomic mass is 32.2. The molecule has 0 aromatic heterocycles. The van der Waals surface area contributed by atoms with Crippen molar-refractivity contribution in [1.29, 1.82) is 0 Å². The summed E-state index contributed by atoms with van der Waals surface area (Å²) in [6.07, 6.45) is 1.65. The zero-order valence-corrected chi connectivity index (χ0v) is 29.5. The zero-order chi connectivity index (χ0) is 32.7. The van der Waals surface area contributed by atoms with E-state index in [0.717, 1.165) is 60.9 Å². The van der Waals surface area contributed by atoms with Gasteiger partial charge in [0.25, 0.3) is 0 Å². The second-order valence-corrected chi connectivity index (χ2v) is 16.3. The SMILES string of the molecule is CC(C)c1ccc2c(c1)[C@H]([NH+]1CC[NH+](CCO[C@@H]3Cc4ccc(F)cc4Sc4ccc(C(C)C)cc43)CC1)Cc1ccc(F)cc1S2. The van der Waals surface area contributed by atoms with Crippen molar-refractivity contribution >= 4 is 23.5 Å². The van der Waals surface area contributed by atoms with Crippen LogP contribution in [0.1, 0.15) is 85.1 Å². The fraction of sp³-hybridized carbons (Fsp3) is 0.400. The average Bonchev–Trinajstić information content (AvgIpc) is 3.31. The Balaban J connectivity index is 1.04. The van der Waals surface area contributed by atoms with Gasteiger partial charge in [-0.1, -0.05) is 81.6 Å². The highest BCUT2D eigenvalue weighted by Crippen LogP contribution is 2.44. The second kappa shape index (κ2) is 14.0. The van der Waals surface area contributed by atoms with E-state index in [-0.39, 0.29) is 17.7 Å². The molecule has 4 aromatic carbocycles. The molecule has 0 unspecified atom stereocenters. The molecule has 2 atom stereocenters. The lowest BCUT2D eigenvalue weighted by molar-refractivity contribution is -1.03. The van der Waals surface area contributed by atoms with Crippen molar-refractivity contribution in [2.45, 2.75) is 84.1 Å². The maximum atomic E-state index is 14.3. The van der Waals surface area contributed by atoms with E-state index in [0.29, 0.717) is 24.5 Å². The Kier molecular flexibility index (Phi) is 9.82. The first-order valence-electron chi connectivity index (χ1n) is 17.2. The third-order valence-electron chi connectivity index (χ3n) is 10.3. The summed E-state index contributed by atoms with van der Waals surface area (Å²) in [5.74, 6) is 0.552. The van der Waals surface area contributed by atoms with Crippen molar-refractivity contribution < 1.29 is 23.3 Å². The van der Waals surface area contributed by atoms with Crippen molar-refractivity contribution in [3.8, 4) is 0 Å². The number of quaternary nitrogens is 2. The molecule has 0 spiro atoms. The number of piperazine rings is 1. The number of hydrogen-bond acceptors (Lipinski definition) is 3. The first-order chi connectivity index (χ1) is 22.7. The number of hydrogen-bond donors (Lipinski definition) is 2. The predicted molar refractivity (Wildman–Crippen MR) is 187 cm³/mol. The van der Waals surface area contributed by atoms with Gasteiger partial charge < -0.3 is 14.5 Å². The second-order valence-electron chi connectivity index (χ2n) is 14.1. The molecule has 246 valence electrons. The van der Waals surface area contributed by atoms with Gasteiger partial charge in [0.1, 0.15) is 50.4 Å². The molecule has 3 heterocycles. The summed E-state index contributed by atoms with van der Waals surface area (Å²) in [6, 6.07) is 24.5. The molecule has 2 N–H and O–H groups in total. The monoisotopic (exact) mass is 672 g/mol. The van der Waals surface area contributed by atoms with Crippen molar-refractivity contribution in [2.24, 2.45) is 0 Å². The number of nitrogens with one attached hydrogen (secondary N) is 2. The lowest BCUT2D eigenvalue weighted by atomic mass is 9.93. The largest absolute Gasteiger partial charge is 0.367 e. The third kappa shape index (κ3) is 7.20. The molecule has 7 rings (SSSR count). The molecule has 0 amide bonds. The highest BCUT2D eigenvalue weighted by molar-refractivity contribution is 7.99. The molecule has 1 fully saturated rings. The molecule has 3 aliphatic heterocycles. The van der Waals surface area contributed by atoms with Gasteiger partial charge in [-0.25, -0.2) is 8.78 Å². The van der Waals surface area contributed by atoms with Gasteiger partial charge in [-0.05, 0) is 82.1 Å². The first-order valence-corrected chi connectivity index (χ1v) is 18.8. The predicted octanol–water partition coefficient (Wildman–Crippen LogP) is 7.21. The highest BCUT2D eigenvalue weighted by Gasteiger charge is 2.35. The Morgan fingerprint density at radius 3 is 1.81 bits per heavy atom. The summed E-state index contributed by atoms with van der Waals surface area (Å²) < 4.78 is 35.2. The van der Waals surface area contributed by atoms with Crippen molar-refractivity contribution in [3.05, 3.63) is 118 Å². The summed E-state index contributed by atoms with van der Waals surface area (Å²) in [6.45, 7) is 15.1. The quantitative estimate of drug-likeness (QED) is 0.216. The fourth-order valence-electron chi connectivity index (χ4n) is 7.40. The van der Waals surface area contributed by atoms with Gasteiger partial charge in [-0.15, -0.1) is 0 Å². The minimum Gasteiger partial charge on any atom is -0.367 e. The number of rotatable bonds is 7. The van der Waals surface area contributed by atoms with Crippen LogP contribution < -0.4 is 9.80 Å². The van der Waals surface area contributed by atoms with Crippen LogP contribution in [0.3, 0.4) is 0 Å². The first kappa shape index (κ1) is 32.8. The zero-order valence-electron chi connectivity index (χ0n) is 27.9. The number of fused-ring (bicyclic) bond motifs is 4. The number of ether oxygens (including phenoxy) is 1. The van der Waals surface area contributed by atoms with Gasteiger partial charge in [-0.2, -0.15) is 0 Å². The minimum atomic E-state index is -0.189. The summed E-state index contributed by atoms with van der Waals surface area (Å²) in [5.41, 5.74) is 7.75. The van der Waals surface area contributed by atoms with Gasteiger partial charge in [0.15, 0.2) is 0 Å². The lowest BCUT2D eigenvalue weighted by Crippen LogP contribution is -3.28. The molecule has 0 bridgehead atoms. The Morgan fingerprint density at radius 1 is 0.660 bits per heavy atom. The minimum absolute atomic E-state index is 0.0470. The van der Waals surface area contributed by atoms with E-state index in [4.69, 9.17) is 4.74 Å². The maximum Gasteiger partial charge on any atom is 0.128 e. The number of halogens is 2. The lowest BCUT2D eigenvalue weighted by Gasteiger charge is -2.35. The molecule has 1 saturated heterocycles. The van der Waals surface area contributed by atoms with E-state index in [9.17, 15) is 8.78 Å². The van der Waals surface area contributed by atoms with Crippen LogP contribution in [0.25, 0.3) is 0 Å². The Labute approximate surface area is 287 Å². The molecule has 0 radical (unpaired) electrons. The van der Waals surface area contributed by atoms with Crippen molar-refractivity contribution in [1.82, 2.24) is 0 Å². The molecule has 3 aliphatic rings. The normalized spacial score (nSPS) is 22.2. The summed E-state index contributed by atoms with van der Waals surface area (Å²) in [7, 11) is 0. The average molecular weight is 673 g/mol. The molecule has 7 heteroatoms. The van der Waals surface area contributed by atoms with Crippen LogP contribution in [0.15, 0.2) is 92.4 Å². The number of benzene rings is 4. The molecule has 0 aliphatic carbocycles. The topological polar surface area (TPSA) is 18.1 Å². The smallest absolute Gasteiger partial charge is 0.128 e. The van der Waals surface area contributed by atoms with E-state index in [1.54, 1.807) is 57.6 Å². The molecule has 4 aromatic rings. The van der Waals surface area contributed by atoms with E-state index in [1.165, 1.54) is 37.6 Å². The van der Waals surface area contributed by atoms with Gasteiger partial charge in [0.2, 0.25) is 0 Å². The van der Waals surface area contributed by atoms with Gasteiger partial charge in [0, 0.05) is 38.0 Å². The molecule has 47 heavy (non-hydrogen) atoms. The summed E-state index contributed by atoms with van der Waals surface area (Å²) >= 11 is 3.40. The van der Waals surface area contributed by atoms with Gasteiger partial charge in [0.05, 0.1) is 12.7 Å². The molecular formula is C40H46F2N2OS2+2. The molecule has 0 saturated carbocycles. The fourth-order valence-corrected chi connectivity index (χ4v) is 9.69. The van der Waals surface area contributed by atoms with Crippen molar-refractivity contribution in [2.75, 3.05) is 39.3 Å². The van der Waals surface area contributed by atoms with E-state index >= 15 is 0 Å². The Bertz CT molecular complexity index is 1750. The van der Waals surface area contributed by atoms with Gasteiger partial charge in [-0.3, -0.25) is 0 Å².